The molecule has 0 saturated heterocycles. The minimum Gasteiger partial charge on any atom is -0.489 e. The maximum Gasteiger partial charge on any atom is 0.138 e. The monoisotopic (exact) mass is 334 g/mol. The molecular weight excluding hydrogens is 316 g/mol. The number of aryl methyl sites for hydroxylation is 1. The Morgan fingerprint density at radius 1 is 1.25 bits per heavy atom. The van der Waals surface area contributed by atoms with E-state index in [1.807, 2.05) is 32.0 Å². The van der Waals surface area contributed by atoms with Gasteiger partial charge in [0.05, 0.1) is 18.3 Å². The van der Waals surface area contributed by atoms with E-state index in [0.29, 0.717) is 0 Å². The zero-order valence-electron chi connectivity index (χ0n) is 11.9. The van der Waals surface area contributed by atoms with E-state index in [0.717, 1.165) is 21.3 Å². The van der Waals surface area contributed by atoms with Crippen LogP contribution in [0.15, 0.2) is 41.1 Å². The standard InChI is InChI=1S/C16H19BrN2O/c1-10(2)20-13-7-12(8-19-9-13)16(18)14-6-4-5-11(3)15(14)17/h4-10,16H,18H2,1-3H3. The second kappa shape index (κ2) is 6.37. The predicted octanol–water partition coefficient (Wildman–Crippen LogP) is 3.99. The quantitative estimate of drug-likeness (QED) is 0.919. The van der Waals surface area contributed by atoms with Gasteiger partial charge in [0.2, 0.25) is 0 Å². The third kappa shape index (κ3) is 3.38. The fourth-order valence-corrected chi connectivity index (χ4v) is 2.54. The largest absolute Gasteiger partial charge is 0.489 e. The van der Waals surface area contributed by atoms with Gasteiger partial charge in [0.15, 0.2) is 0 Å². The summed E-state index contributed by atoms with van der Waals surface area (Å²) in [5.41, 5.74) is 9.52. The molecule has 2 aromatic rings. The molecule has 0 fully saturated rings. The van der Waals surface area contributed by atoms with Crippen molar-refractivity contribution in [3.05, 3.63) is 57.8 Å². The molecule has 1 aromatic heterocycles. The van der Waals surface area contributed by atoms with Crippen molar-refractivity contribution in [3.63, 3.8) is 0 Å². The Kier molecular flexibility index (Phi) is 4.78. The highest BCUT2D eigenvalue weighted by Crippen LogP contribution is 2.30. The van der Waals surface area contributed by atoms with Crippen LogP contribution in [-0.4, -0.2) is 11.1 Å². The SMILES string of the molecule is Cc1cccc(C(N)c2cncc(OC(C)C)c2)c1Br. The number of nitrogens with zero attached hydrogens (tertiary/aromatic N) is 1. The first-order chi connectivity index (χ1) is 9.49. The molecule has 1 heterocycles. The lowest BCUT2D eigenvalue weighted by Gasteiger charge is -2.17. The van der Waals surface area contributed by atoms with Crippen molar-refractivity contribution in [1.82, 2.24) is 4.98 Å². The molecule has 0 bridgehead atoms. The molecule has 2 N–H and O–H groups in total. The van der Waals surface area contributed by atoms with Crippen LogP contribution in [0, 0.1) is 6.92 Å². The lowest BCUT2D eigenvalue weighted by atomic mass is 9.99. The summed E-state index contributed by atoms with van der Waals surface area (Å²) in [7, 11) is 0. The fourth-order valence-electron chi connectivity index (χ4n) is 2.03. The highest BCUT2D eigenvalue weighted by atomic mass is 79.9. The summed E-state index contributed by atoms with van der Waals surface area (Å²) in [5, 5.41) is 0. The zero-order chi connectivity index (χ0) is 14.7. The van der Waals surface area contributed by atoms with Crippen molar-refractivity contribution in [2.75, 3.05) is 0 Å². The van der Waals surface area contributed by atoms with Crippen molar-refractivity contribution >= 4 is 15.9 Å². The van der Waals surface area contributed by atoms with E-state index < -0.39 is 0 Å². The van der Waals surface area contributed by atoms with Crippen molar-refractivity contribution in [1.29, 1.82) is 0 Å². The molecule has 2 rings (SSSR count). The van der Waals surface area contributed by atoms with Gasteiger partial charge in [-0.25, -0.2) is 0 Å². The van der Waals surface area contributed by atoms with Crippen LogP contribution in [0.5, 0.6) is 5.75 Å². The van der Waals surface area contributed by atoms with Gasteiger partial charge < -0.3 is 10.5 Å². The number of benzene rings is 1. The van der Waals surface area contributed by atoms with Gasteiger partial charge in [-0.15, -0.1) is 0 Å². The number of pyridine rings is 1. The summed E-state index contributed by atoms with van der Waals surface area (Å²) in [6.07, 6.45) is 3.61. The van der Waals surface area contributed by atoms with Gasteiger partial charge >= 0.3 is 0 Å². The number of rotatable bonds is 4. The molecule has 0 saturated carbocycles. The molecule has 0 aliphatic heterocycles. The fraction of sp³-hybridized carbons (Fsp3) is 0.312. The second-order valence-corrected chi connectivity index (χ2v) is 5.87. The van der Waals surface area contributed by atoms with Crippen molar-refractivity contribution in [2.45, 2.75) is 32.9 Å². The lowest BCUT2D eigenvalue weighted by molar-refractivity contribution is 0.241. The zero-order valence-corrected chi connectivity index (χ0v) is 13.5. The summed E-state index contributed by atoms with van der Waals surface area (Å²) in [5.74, 6) is 0.747. The third-order valence-electron chi connectivity index (χ3n) is 3.02. The number of hydrogen-bond donors (Lipinski definition) is 1. The molecule has 0 aliphatic carbocycles. The second-order valence-electron chi connectivity index (χ2n) is 5.08. The highest BCUT2D eigenvalue weighted by molar-refractivity contribution is 9.10. The molecular formula is C16H19BrN2O. The van der Waals surface area contributed by atoms with Gasteiger partial charge in [0.1, 0.15) is 5.75 Å². The Morgan fingerprint density at radius 2 is 2.00 bits per heavy atom. The normalized spacial score (nSPS) is 12.5. The summed E-state index contributed by atoms with van der Waals surface area (Å²) in [6, 6.07) is 7.81. The molecule has 3 nitrogen and oxygen atoms in total. The number of ether oxygens (including phenoxy) is 1. The maximum absolute atomic E-state index is 6.36. The van der Waals surface area contributed by atoms with Gasteiger partial charge in [0.25, 0.3) is 0 Å². The third-order valence-corrected chi connectivity index (χ3v) is 4.11. The van der Waals surface area contributed by atoms with Crippen molar-refractivity contribution < 1.29 is 4.74 Å². The van der Waals surface area contributed by atoms with E-state index in [1.54, 1.807) is 12.4 Å². The molecule has 20 heavy (non-hydrogen) atoms. The van der Waals surface area contributed by atoms with Gasteiger partial charge in [-0.3, -0.25) is 4.98 Å². The first-order valence-corrected chi connectivity index (χ1v) is 7.40. The van der Waals surface area contributed by atoms with Gasteiger partial charge in [-0.1, -0.05) is 34.1 Å². The minimum absolute atomic E-state index is 0.119. The number of halogens is 1. The molecule has 1 aromatic carbocycles. The van der Waals surface area contributed by atoms with Crippen LogP contribution >= 0.6 is 15.9 Å². The van der Waals surface area contributed by atoms with E-state index in [1.165, 1.54) is 5.56 Å². The highest BCUT2D eigenvalue weighted by Gasteiger charge is 2.14. The Morgan fingerprint density at radius 3 is 2.70 bits per heavy atom. The van der Waals surface area contributed by atoms with Crippen molar-refractivity contribution in [3.8, 4) is 5.75 Å². The molecule has 4 heteroatoms. The average Bonchev–Trinajstić information content (AvgIpc) is 2.41. The van der Waals surface area contributed by atoms with Crippen molar-refractivity contribution in [2.24, 2.45) is 5.73 Å². The van der Waals surface area contributed by atoms with E-state index in [-0.39, 0.29) is 12.1 Å². The molecule has 0 radical (unpaired) electrons. The molecule has 0 spiro atoms. The molecule has 106 valence electrons. The van der Waals surface area contributed by atoms with Crippen LogP contribution in [0.1, 0.15) is 36.6 Å². The Bertz CT molecular complexity index is 599. The Hall–Kier alpha value is -1.39. The topological polar surface area (TPSA) is 48.1 Å². The summed E-state index contributed by atoms with van der Waals surface area (Å²) in [4.78, 5) is 4.22. The first-order valence-electron chi connectivity index (χ1n) is 6.61. The van der Waals surface area contributed by atoms with Gasteiger partial charge in [-0.2, -0.15) is 0 Å². The van der Waals surface area contributed by atoms with Crippen LogP contribution in [-0.2, 0) is 0 Å². The number of nitrogens with two attached hydrogens (primary N) is 1. The van der Waals surface area contributed by atoms with E-state index in [2.05, 4.69) is 33.9 Å². The van der Waals surface area contributed by atoms with Crippen LogP contribution < -0.4 is 10.5 Å². The van der Waals surface area contributed by atoms with Crippen LogP contribution in [0.4, 0.5) is 0 Å². The Balaban J connectivity index is 2.33. The first kappa shape index (κ1) is 15.0. The molecule has 0 aliphatic rings. The van der Waals surface area contributed by atoms with Crippen LogP contribution in [0.25, 0.3) is 0 Å². The van der Waals surface area contributed by atoms with Crippen LogP contribution in [0.2, 0.25) is 0 Å². The van der Waals surface area contributed by atoms with Crippen LogP contribution in [0.3, 0.4) is 0 Å². The summed E-state index contributed by atoms with van der Waals surface area (Å²) < 4.78 is 6.71. The average molecular weight is 335 g/mol. The van der Waals surface area contributed by atoms with Gasteiger partial charge in [0, 0.05) is 10.7 Å². The summed E-state index contributed by atoms with van der Waals surface area (Å²) >= 11 is 3.61. The molecule has 0 amide bonds. The van der Waals surface area contributed by atoms with E-state index >= 15 is 0 Å². The number of aromatic nitrogens is 1. The Labute approximate surface area is 128 Å². The molecule has 1 unspecified atom stereocenters. The van der Waals surface area contributed by atoms with Gasteiger partial charge in [-0.05, 0) is 43.5 Å². The minimum atomic E-state index is -0.229. The predicted molar refractivity (Wildman–Crippen MR) is 84.9 cm³/mol. The smallest absolute Gasteiger partial charge is 0.138 e. The maximum atomic E-state index is 6.36. The summed E-state index contributed by atoms with van der Waals surface area (Å²) in [6.45, 7) is 6.03. The lowest BCUT2D eigenvalue weighted by Crippen LogP contribution is -2.14. The van der Waals surface area contributed by atoms with E-state index in [4.69, 9.17) is 10.5 Å². The number of hydrogen-bond acceptors (Lipinski definition) is 3. The molecule has 1 atom stereocenters. The van der Waals surface area contributed by atoms with E-state index in [9.17, 15) is 0 Å².